The van der Waals surface area contributed by atoms with Crippen LogP contribution in [0.25, 0.3) is 0 Å². The Morgan fingerprint density at radius 3 is 2.11 bits per heavy atom. The summed E-state index contributed by atoms with van der Waals surface area (Å²) in [7, 11) is -3.61. The summed E-state index contributed by atoms with van der Waals surface area (Å²) in [6, 6.07) is 13.5. The van der Waals surface area contributed by atoms with E-state index in [1.165, 1.54) is 28.6 Å². The van der Waals surface area contributed by atoms with Gasteiger partial charge in [-0.15, -0.1) is 0 Å². The fourth-order valence-electron chi connectivity index (χ4n) is 3.09. The van der Waals surface area contributed by atoms with Gasteiger partial charge in [0.25, 0.3) is 5.91 Å². The fraction of sp³-hybridized carbons (Fsp3) is 0.350. The Morgan fingerprint density at radius 1 is 1.00 bits per heavy atom. The summed E-state index contributed by atoms with van der Waals surface area (Å²) in [6.07, 6.45) is -0.300. The van der Waals surface area contributed by atoms with Gasteiger partial charge < -0.3 is 10.1 Å². The van der Waals surface area contributed by atoms with Gasteiger partial charge in [-0.3, -0.25) is 4.79 Å². The zero-order valence-electron chi connectivity index (χ0n) is 15.7. The lowest BCUT2D eigenvalue weighted by Gasteiger charge is -2.34. The molecule has 3 rings (SSSR count). The molecule has 0 saturated carbocycles. The van der Waals surface area contributed by atoms with Gasteiger partial charge in [-0.25, -0.2) is 8.42 Å². The van der Waals surface area contributed by atoms with Crippen molar-refractivity contribution in [1.29, 1.82) is 0 Å². The van der Waals surface area contributed by atoms with Crippen molar-refractivity contribution in [3.8, 4) is 0 Å². The number of benzene rings is 2. The molecule has 27 heavy (non-hydrogen) atoms. The molecule has 2 atom stereocenters. The molecule has 0 aromatic heterocycles. The topological polar surface area (TPSA) is 75.7 Å². The average Bonchev–Trinajstić information content (AvgIpc) is 2.63. The standard InChI is InChI=1S/C20H24N2O4S/c1-14-4-8-18(9-5-14)21-20(23)17-6-10-19(11-7-17)27(24,25)22-12-15(2)26-16(3)13-22/h4-11,15-16H,12-13H2,1-3H3,(H,21,23)/t15-,16-/m1/s1. The van der Waals surface area contributed by atoms with E-state index in [-0.39, 0.29) is 23.0 Å². The molecule has 144 valence electrons. The zero-order valence-corrected chi connectivity index (χ0v) is 16.5. The molecule has 2 aromatic carbocycles. The minimum absolute atomic E-state index is 0.150. The highest BCUT2D eigenvalue weighted by molar-refractivity contribution is 7.89. The molecule has 1 saturated heterocycles. The van der Waals surface area contributed by atoms with E-state index in [9.17, 15) is 13.2 Å². The molecule has 0 unspecified atom stereocenters. The molecule has 6 nitrogen and oxygen atoms in total. The summed E-state index contributed by atoms with van der Waals surface area (Å²) in [6.45, 7) is 6.33. The smallest absolute Gasteiger partial charge is 0.255 e. The van der Waals surface area contributed by atoms with Crippen molar-refractivity contribution in [3.63, 3.8) is 0 Å². The van der Waals surface area contributed by atoms with Crippen molar-refractivity contribution in [2.75, 3.05) is 18.4 Å². The summed E-state index contributed by atoms with van der Waals surface area (Å²) in [5.41, 5.74) is 2.20. The van der Waals surface area contributed by atoms with E-state index >= 15 is 0 Å². The van der Waals surface area contributed by atoms with Crippen LogP contribution in [0.3, 0.4) is 0 Å². The maximum atomic E-state index is 12.9. The quantitative estimate of drug-likeness (QED) is 0.873. The molecule has 0 aliphatic carbocycles. The number of hydrogen-bond donors (Lipinski definition) is 1. The molecule has 0 bridgehead atoms. The van der Waals surface area contributed by atoms with Gasteiger partial charge in [0.2, 0.25) is 10.0 Å². The van der Waals surface area contributed by atoms with Gasteiger partial charge in [-0.05, 0) is 57.2 Å². The van der Waals surface area contributed by atoms with Gasteiger partial charge in [0.15, 0.2) is 0 Å². The number of nitrogens with one attached hydrogen (secondary N) is 1. The zero-order chi connectivity index (χ0) is 19.6. The second kappa shape index (κ2) is 7.80. The third-order valence-electron chi connectivity index (χ3n) is 4.45. The number of carbonyl (C=O) groups is 1. The Morgan fingerprint density at radius 2 is 1.56 bits per heavy atom. The Balaban J connectivity index is 1.74. The van der Waals surface area contributed by atoms with Crippen LogP contribution in [-0.2, 0) is 14.8 Å². The normalized spacial score (nSPS) is 21.0. The van der Waals surface area contributed by atoms with Gasteiger partial charge in [0.05, 0.1) is 17.1 Å². The van der Waals surface area contributed by atoms with E-state index in [0.717, 1.165) is 5.56 Å². The summed E-state index contributed by atoms with van der Waals surface area (Å²) in [5, 5.41) is 2.80. The van der Waals surface area contributed by atoms with E-state index in [4.69, 9.17) is 4.74 Å². The van der Waals surface area contributed by atoms with Crippen molar-refractivity contribution in [2.24, 2.45) is 0 Å². The molecule has 7 heteroatoms. The van der Waals surface area contributed by atoms with E-state index in [1.807, 2.05) is 45.0 Å². The van der Waals surface area contributed by atoms with Crippen LogP contribution in [0, 0.1) is 6.92 Å². The molecule has 1 fully saturated rings. The number of rotatable bonds is 4. The van der Waals surface area contributed by atoms with Gasteiger partial charge in [-0.1, -0.05) is 17.7 Å². The molecular formula is C20H24N2O4S. The molecular weight excluding hydrogens is 364 g/mol. The van der Waals surface area contributed by atoms with Crippen LogP contribution in [0.1, 0.15) is 29.8 Å². The number of carbonyl (C=O) groups excluding carboxylic acids is 1. The van der Waals surface area contributed by atoms with Crippen LogP contribution < -0.4 is 5.32 Å². The van der Waals surface area contributed by atoms with Crippen molar-refractivity contribution >= 4 is 21.6 Å². The summed E-state index contributed by atoms with van der Waals surface area (Å²) in [4.78, 5) is 12.5. The van der Waals surface area contributed by atoms with Crippen molar-refractivity contribution < 1.29 is 17.9 Å². The predicted octanol–water partition coefficient (Wildman–Crippen LogP) is 3.05. The Labute approximate surface area is 160 Å². The maximum Gasteiger partial charge on any atom is 0.255 e. The van der Waals surface area contributed by atoms with Crippen LogP contribution in [-0.4, -0.2) is 43.9 Å². The number of anilines is 1. The Kier molecular flexibility index (Phi) is 5.64. The lowest BCUT2D eigenvalue weighted by molar-refractivity contribution is -0.0440. The SMILES string of the molecule is Cc1ccc(NC(=O)c2ccc(S(=O)(=O)N3C[C@@H](C)O[C@H](C)C3)cc2)cc1. The van der Waals surface area contributed by atoms with Gasteiger partial charge >= 0.3 is 0 Å². The number of sulfonamides is 1. The Bertz CT molecular complexity index is 898. The largest absolute Gasteiger partial charge is 0.373 e. The first-order chi connectivity index (χ1) is 12.8. The third kappa shape index (κ3) is 4.55. The summed E-state index contributed by atoms with van der Waals surface area (Å²) in [5.74, 6) is -0.281. The first-order valence-corrected chi connectivity index (χ1v) is 10.3. The third-order valence-corrected chi connectivity index (χ3v) is 6.30. The number of hydrogen-bond acceptors (Lipinski definition) is 4. The lowest BCUT2D eigenvalue weighted by atomic mass is 10.2. The molecule has 1 aliphatic rings. The second-order valence-corrected chi connectivity index (χ2v) is 8.86. The highest BCUT2D eigenvalue weighted by Crippen LogP contribution is 2.22. The molecule has 2 aromatic rings. The molecule has 1 heterocycles. The van der Waals surface area contributed by atoms with Gasteiger partial charge in [-0.2, -0.15) is 4.31 Å². The Hall–Kier alpha value is -2.22. The molecule has 0 radical (unpaired) electrons. The monoisotopic (exact) mass is 388 g/mol. The van der Waals surface area contributed by atoms with Crippen LogP contribution in [0.2, 0.25) is 0 Å². The number of amides is 1. The second-order valence-electron chi connectivity index (χ2n) is 6.92. The number of morpholine rings is 1. The van der Waals surface area contributed by atoms with Crippen LogP contribution in [0.4, 0.5) is 5.69 Å². The lowest BCUT2D eigenvalue weighted by Crippen LogP contribution is -2.48. The van der Waals surface area contributed by atoms with E-state index in [1.54, 1.807) is 0 Å². The predicted molar refractivity (Wildman–Crippen MR) is 104 cm³/mol. The van der Waals surface area contributed by atoms with Crippen molar-refractivity contribution in [3.05, 3.63) is 59.7 Å². The van der Waals surface area contributed by atoms with Gasteiger partial charge in [0, 0.05) is 24.3 Å². The van der Waals surface area contributed by atoms with Crippen molar-refractivity contribution in [1.82, 2.24) is 4.31 Å². The average molecular weight is 388 g/mol. The highest BCUT2D eigenvalue weighted by Gasteiger charge is 2.32. The number of ether oxygens (including phenoxy) is 1. The minimum Gasteiger partial charge on any atom is -0.373 e. The number of nitrogens with zero attached hydrogens (tertiary/aromatic N) is 1. The highest BCUT2D eigenvalue weighted by atomic mass is 32.2. The maximum absolute atomic E-state index is 12.9. The molecule has 1 aliphatic heterocycles. The number of aryl methyl sites for hydroxylation is 1. The van der Waals surface area contributed by atoms with Crippen LogP contribution in [0.15, 0.2) is 53.4 Å². The van der Waals surface area contributed by atoms with Crippen LogP contribution in [0.5, 0.6) is 0 Å². The summed E-state index contributed by atoms with van der Waals surface area (Å²) >= 11 is 0. The molecule has 1 amide bonds. The van der Waals surface area contributed by atoms with E-state index < -0.39 is 10.0 Å². The first kappa shape index (κ1) is 19.5. The fourth-order valence-corrected chi connectivity index (χ4v) is 4.68. The summed E-state index contributed by atoms with van der Waals surface area (Å²) < 4.78 is 32.7. The van der Waals surface area contributed by atoms with Crippen molar-refractivity contribution in [2.45, 2.75) is 37.9 Å². The molecule has 0 spiro atoms. The first-order valence-electron chi connectivity index (χ1n) is 8.89. The van der Waals surface area contributed by atoms with E-state index in [0.29, 0.717) is 24.3 Å². The molecule has 1 N–H and O–H groups in total. The van der Waals surface area contributed by atoms with Crippen LogP contribution >= 0.6 is 0 Å². The van der Waals surface area contributed by atoms with Gasteiger partial charge in [0.1, 0.15) is 0 Å². The minimum atomic E-state index is -3.61. The van der Waals surface area contributed by atoms with E-state index in [2.05, 4.69) is 5.32 Å².